The van der Waals surface area contributed by atoms with E-state index in [1.54, 1.807) is 30.3 Å². The minimum atomic E-state index is -1.43. The number of fused-ring (bicyclic) bond motifs is 6. The van der Waals surface area contributed by atoms with E-state index in [4.69, 9.17) is 9.47 Å². The Balaban J connectivity index is 1.89. The second-order valence-corrected chi connectivity index (χ2v) is 7.29. The number of nitrogens with one attached hydrogen (secondary N) is 1. The highest BCUT2D eigenvalue weighted by Gasteiger charge is 2.55. The number of phenolic OH excluding ortho intramolecular Hbond substituents is 2. The average molecular weight is 421 g/mol. The number of anilines is 1. The predicted molar refractivity (Wildman–Crippen MR) is 111 cm³/mol. The van der Waals surface area contributed by atoms with Gasteiger partial charge in [-0.25, -0.2) is 4.79 Å². The molecule has 0 aromatic heterocycles. The fourth-order valence-corrected chi connectivity index (χ4v) is 4.15. The van der Waals surface area contributed by atoms with Crippen molar-refractivity contribution in [2.75, 3.05) is 11.1 Å². The SMILES string of the molecule is O=C(CS)Nc1cc(O)cc2c1C1(OC(=O)c3ccccc31)c1ccc(O)cc1O2. The Morgan fingerprint density at radius 2 is 1.77 bits per heavy atom. The van der Waals surface area contributed by atoms with Crippen LogP contribution in [0.15, 0.2) is 54.6 Å². The third-order valence-electron chi connectivity index (χ3n) is 5.19. The number of ether oxygens (including phenoxy) is 2. The fourth-order valence-electron chi connectivity index (χ4n) is 4.08. The number of rotatable bonds is 2. The summed E-state index contributed by atoms with van der Waals surface area (Å²) in [6, 6.07) is 14.2. The molecule has 5 rings (SSSR count). The van der Waals surface area contributed by atoms with Crippen LogP contribution >= 0.6 is 12.6 Å². The first kappa shape index (κ1) is 18.4. The lowest BCUT2D eigenvalue weighted by molar-refractivity contribution is -0.113. The van der Waals surface area contributed by atoms with E-state index in [0.717, 1.165) is 0 Å². The molecule has 2 aliphatic rings. The third kappa shape index (κ3) is 2.47. The van der Waals surface area contributed by atoms with Crippen molar-refractivity contribution in [1.82, 2.24) is 0 Å². The summed E-state index contributed by atoms with van der Waals surface area (Å²) in [5.74, 6) is -0.754. The molecule has 0 bridgehead atoms. The highest BCUT2D eigenvalue weighted by molar-refractivity contribution is 7.81. The number of thiol groups is 1. The van der Waals surface area contributed by atoms with Crippen molar-refractivity contribution in [2.24, 2.45) is 0 Å². The van der Waals surface area contributed by atoms with Gasteiger partial charge in [-0.1, -0.05) is 18.2 Å². The Hall–Kier alpha value is -3.65. The summed E-state index contributed by atoms with van der Waals surface area (Å²) >= 11 is 4.00. The van der Waals surface area contributed by atoms with E-state index >= 15 is 0 Å². The first-order valence-corrected chi connectivity index (χ1v) is 9.69. The average Bonchev–Trinajstić information content (AvgIpc) is 3.00. The maximum Gasteiger partial charge on any atom is 0.340 e. The van der Waals surface area contributed by atoms with Crippen molar-refractivity contribution in [3.63, 3.8) is 0 Å². The van der Waals surface area contributed by atoms with Crippen LogP contribution < -0.4 is 10.1 Å². The molecule has 150 valence electrons. The van der Waals surface area contributed by atoms with Gasteiger partial charge in [-0.2, -0.15) is 12.6 Å². The van der Waals surface area contributed by atoms with Crippen LogP contribution in [0, 0.1) is 0 Å². The number of benzene rings is 3. The van der Waals surface area contributed by atoms with Crippen LogP contribution in [0.3, 0.4) is 0 Å². The molecule has 8 heteroatoms. The van der Waals surface area contributed by atoms with Crippen molar-refractivity contribution in [1.29, 1.82) is 0 Å². The molecule has 1 unspecified atom stereocenters. The first-order valence-electron chi connectivity index (χ1n) is 9.06. The van der Waals surface area contributed by atoms with Crippen molar-refractivity contribution in [3.8, 4) is 23.0 Å². The second-order valence-electron chi connectivity index (χ2n) is 6.97. The van der Waals surface area contributed by atoms with Crippen LogP contribution in [0.25, 0.3) is 0 Å². The van der Waals surface area contributed by atoms with Gasteiger partial charge in [-0.05, 0) is 18.2 Å². The van der Waals surface area contributed by atoms with Crippen molar-refractivity contribution in [3.05, 3.63) is 76.9 Å². The molecule has 1 atom stereocenters. The zero-order valence-corrected chi connectivity index (χ0v) is 16.3. The number of phenols is 2. The van der Waals surface area contributed by atoms with Crippen molar-refractivity contribution < 1.29 is 29.3 Å². The number of aromatic hydroxyl groups is 2. The molecule has 3 aromatic rings. The molecule has 0 saturated carbocycles. The maximum absolute atomic E-state index is 12.8. The third-order valence-corrected chi connectivity index (χ3v) is 5.48. The van der Waals surface area contributed by atoms with Crippen LogP contribution in [-0.4, -0.2) is 27.8 Å². The monoisotopic (exact) mass is 421 g/mol. The van der Waals surface area contributed by atoms with Gasteiger partial charge in [0, 0.05) is 29.3 Å². The minimum absolute atomic E-state index is 0.0336. The Labute approximate surface area is 176 Å². The number of carbonyl (C=O) groups is 2. The first-order chi connectivity index (χ1) is 14.4. The number of carbonyl (C=O) groups excluding carboxylic acids is 2. The lowest BCUT2D eigenvalue weighted by Gasteiger charge is -2.37. The van der Waals surface area contributed by atoms with E-state index in [1.165, 1.54) is 24.3 Å². The van der Waals surface area contributed by atoms with E-state index in [0.29, 0.717) is 22.3 Å². The Morgan fingerprint density at radius 3 is 2.57 bits per heavy atom. The standard InChI is InChI=1S/C22H15NO6S/c24-11-5-6-15-17(8-11)28-18-9-12(25)7-16(23-19(26)10-30)20(18)22(15)14-4-2-1-3-13(14)21(27)29-22/h1-9,24-25,30H,10H2,(H,23,26). The summed E-state index contributed by atoms with van der Waals surface area (Å²) in [6.45, 7) is 0. The summed E-state index contributed by atoms with van der Waals surface area (Å²) in [7, 11) is 0. The Bertz CT molecular complexity index is 1240. The molecule has 0 saturated heterocycles. The van der Waals surface area contributed by atoms with Crippen LogP contribution in [0.1, 0.15) is 27.0 Å². The highest BCUT2D eigenvalue weighted by Crippen LogP contribution is 2.59. The zero-order valence-electron chi connectivity index (χ0n) is 15.4. The van der Waals surface area contributed by atoms with Gasteiger partial charge in [-0.3, -0.25) is 4.79 Å². The van der Waals surface area contributed by atoms with Crippen molar-refractivity contribution in [2.45, 2.75) is 5.60 Å². The van der Waals surface area contributed by atoms with Crippen LogP contribution in [0.2, 0.25) is 0 Å². The second kappa shape index (κ2) is 6.43. The molecule has 7 nitrogen and oxygen atoms in total. The number of hydrogen-bond donors (Lipinski definition) is 4. The largest absolute Gasteiger partial charge is 0.508 e. The van der Waals surface area contributed by atoms with Crippen LogP contribution in [0.5, 0.6) is 23.0 Å². The molecule has 1 spiro atoms. The molecule has 2 aliphatic heterocycles. The van der Waals surface area contributed by atoms with E-state index in [-0.39, 0.29) is 34.4 Å². The molecular formula is C22H15NO6S. The molecule has 0 fully saturated rings. The van der Waals surface area contributed by atoms with Gasteiger partial charge in [0.05, 0.1) is 22.6 Å². The van der Waals surface area contributed by atoms with Gasteiger partial charge < -0.3 is 25.0 Å². The van der Waals surface area contributed by atoms with Gasteiger partial charge in [0.15, 0.2) is 5.60 Å². The van der Waals surface area contributed by atoms with Crippen LogP contribution in [0.4, 0.5) is 5.69 Å². The summed E-state index contributed by atoms with van der Waals surface area (Å²) in [5, 5.41) is 22.9. The van der Waals surface area contributed by atoms with Gasteiger partial charge in [0.2, 0.25) is 5.91 Å². The summed E-state index contributed by atoms with van der Waals surface area (Å²) in [4.78, 5) is 25.0. The summed E-state index contributed by atoms with van der Waals surface area (Å²) < 4.78 is 11.9. The summed E-state index contributed by atoms with van der Waals surface area (Å²) in [5.41, 5.74) is 0.594. The molecule has 1 amide bonds. The van der Waals surface area contributed by atoms with Gasteiger partial charge in [0.25, 0.3) is 0 Å². The number of amides is 1. The predicted octanol–water partition coefficient (Wildman–Crippen LogP) is 3.53. The van der Waals surface area contributed by atoms with E-state index in [9.17, 15) is 19.8 Å². The molecule has 3 N–H and O–H groups in total. The number of hydrogen-bond acceptors (Lipinski definition) is 7. The van der Waals surface area contributed by atoms with Gasteiger partial charge in [-0.15, -0.1) is 0 Å². The molecule has 0 radical (unpaired) electrons. The number of esters is 1. The fraction of sp³-hybridized carbons (Fsp3) is 0.0909. The Kier molecular flexibility index (Phi) is 3.94. The molecular weight excluding hydrogens is 406 g/mol. The lowest BCUT2D eigenvalue weighted by Crippen LogP contribution is -2.34. The smallest absolute Gasteiger partial charge is 0.340 e. The molecule has 3 aromatic carbocycles. The van der Waals surface area contributed by atoms with Crippen molar-refractivity contribution >= 4 is 30.2 Å². The minimum Gasteiger partial charge on any atom is -0.508 e. The molecule has 30 heavy (non-hydrogen) atoms. The zero-order chi connectivity index (χ0) is 21.0. The molecule has 0 aliphatic carbocycles. The van der Waals surface area contributed by atoms with E-state index in [2.05, 4.69) is 17.9 Å². The van der Waals surface area contributed by atoms with Gasteiger partial charge >= 0.3 is 5.97 Å². The highest BCUT2D eigenvalue weighted by atomic mass is 32.1. The van der Waals surface area contributed by atoms with E-state index in [1.807, 2.05) is 0 Å². The van der Waals surface area contributed by atoms with Crippen LogP contribution in [-0.2, 0) is 15.1 Å². The normalized spacial score (nSPS) is 18.1. The maximum atomic E-state index is 12.8. The molecule has 2 heterocycles. The Morgan fingerprint density at radius 1 is 1.00 bits per heavy atom. The van der Waals surface area contributed by atoms with Gasteiger partial charge in [0.1, 0.15) is 23.0 Å². The topological polar surface area (TPSA) is 105 Å². The quantitative estimate of drug-likeness (QED) is 0.373. The lowest BCUT2D eigenvalue weighted by atomic mass is 9.77. The summed E-state index contributed by atoms with van der Waals surface area (Å²) in [6.07, 6.45) is 0. The van der Waals surface area contributed by atoms with E-state index < -0.39 is 17.5 Å².